The van der Waals surface area contributed by atoms with Crippen LogP contribution in [0.3, 0.4) is 0 Å². The van der Waals surface area contributed by atoms with E-state index in [1.165, 1.54) is 59.8 Å². The molecule has 262 valence electrons. The van der Waals surface area contributed by atoms with Crippen molar-refractivity contribution < 1.29 is 0 Å². The lowest BCUT2D eigenvalue weighted by Gasteiger charge is -2.12. The number of rotatable bonds is 5. The molecule has 1 atom stereocenters. The smallest absolute Gasteiger partial charge is 0.240 e. The molecule has 0 radical (unpaired) electrons. The van der Waals surface area contributed by atoms with Crippen LogP contribution in [-0.2, 0) is 6.16 Å². The molecular formula is C50H32N5P. The van der Waals surface area contributed by atoms with Gasteiger partial charge in [0.05, 0.1) is 22.1 Å². The van der Waals surface area contributed by atoms with Crippen LogP contribution in [0.1, 0.15) is 5.56 Å². The average molecular weight is 734 g/mol. The summed E-state index contributed by atoms with van der Waals surface area (Å²) in [6.07, 6.45) is 0.938. The van der Waals surface area contributed by atoms with Crippen LogP contribution < -0.4 is 0 Å². The number of hydrogen-bond donors (Lipinski definition) is 0. The average Bonchev–Trinajstić information content (AvgIpc) is 3.79. The van der Waals surface area contributed by atoms with Crippen molar-refractivity contribution in [2.75, 3.05) is 0 Å². The second-order valence-corrected chi connectivity index (χ2v) is 15.0. The minimum atomic E-state index is 0.573. The predicted molar refractivity (Wildman–Crippen MR) is 236 cm³/mol. The first kappa shape index (κ1) is 31.4. The van der Waals surface area contributed by atoms with Gasteiger partial charge in [-0.15, -0.1) is 9.24 Å². The van der Waals surface area contributed by atoms with E-state index in [-0.39, 0.29) is 0 Å². The number of aromatic nitrogens is 5. The Morgan fingerprint density at radius 1 is 0.375 bits per heavy atom. The molecule has 0 aliphatic rings. The Hall–Kier alpha value is -6.94. The zero-order valence-corrected chi connectivity index (χ0v) is 31.3. The first-order valence-electron chi connectivity index (χ1n) is 19.0. The molecule has 3 aromatic heterocycles. The van der Waals surface area contributed by atoms with Crippen molar-refractivity contribution in [3.05, 3.63) is 175 Å². The highest BCUT2D eigenvalue weighted by atomic mass is 31.0. The second-order valence-electron chi connectivity index (χ2n) is 14.6. The number of hydrogen-bond acceptors (Lipinski definition) is 3. The summed E-state index contributed by atoms with van der Waals surface area (Å²) >= 11 is 0. The fourth-order valence-corrected chi connectivity index (χ4v) is 9.29. The summed E-state index contributed by atoms with van der Waals surface area (Å²) in [6, 6.07) is 60.9. The highest BCUT2D eigenvalue weighted by Gasteiger charge is 2.24. The fourth-order valence-electron chi connectivity index (χ4n) is 9.01. The fraction of sp³-hybridized carbons (Fsp3) is 0.0200. The zero-order valence-electron chi connectivity index (χ0n) is 30.2. The third kappa shape index (κ3) is 4.49. The van der Waals surface area contributed by atoms with Crippen molar-refractivity contribution in [1.29, 1.82) is 0 Å². The highest BCUT2D eigenvalue weighted by Crippen LogP contribution is 2.45. The van der Waals surface area contributed by atoms with Gasteiger partial charge in [-0.3, -0.25) is 9.13 Å². The normalized spacial score (nSPS) is 12.1. The van der Waals surface area contributed by atoms with Crippen molar-refractivity contribution in [2.24, 2.45) is 0 Å². The highest BCUT2D eigenvalue weighted by molar-refractivity contribution is 7.15. The summed E-state index contributed by atoms with van der Waals surface area (Å²) in [5, 5.41) is 12.2. The van der Waals surface area contributed by atoms with Crippen LogP contribution in [0, 0.1) is 0 Å². The first-order chi connectivity index (χ1) is 27.7. The first-order valence-corrected chi connectivity index (χ1v) is 19.8. The lowest BCUT2D eigenvalue weighted by atomic mass is 9.91. The summed E-state index contributed by atoms with van der Waals surface area (Å²) in [7, 11) is 2.81. The van der Waals surface area contributed by atoms with E-state index >= 15 is 0 Å². The van der Waals surface area contributed by atoms with E-state index in [0.29, 0.717) is 17.7 Å². The van der Waals surface area contributed by atoms with Crippen molar-refractivity contribution in [2.45, 2.75) is 6.16 Å². The van der Waals surface area contributed by atoms with Gasteiger partial charge in [-0.1, -0.05) is 140 Å². The molecule has 0 aliphatic carbocycles. The number of benzene rings is 9. The Morgan fingerprint density at radius 3 is 1.75 bits per heavy atom. The zero-order chi connectivity index (χ0) is 36.9. The molecule has 12 aromatic rings. The molecule has 0 saturated carbocycles. The van der Waals surface area contributed by atoms with Gasteiger partial charge < -0.3 is 0 Å². The van der Waals surface area contributed by atoms with E-state index < -0.39 is 0 Å². The van der Waals surface area contributed by atoms with E-state index in [1.54, 1.807) is 0 Å². The van der Waals surface area contributed by atoms with Crippen molar-refractivity contribution in [3.63, 3.8) is 0 Å². The Balaban J connectivity index is 1.16. The van der Waals surface area contributed by atoms with Gasteiger partial charge >= 0.3 is 0 Å². The number of para-hydroxylation sites is 1. The standard InChI is InChI=1S/C50H32N5P/c56-29-30-20-22-31(23-21-30)34-25-27-42-40(28-34)36-14-6-7-17-41(36)54(42)49-51-48(33-11-2-1-3-12-33)52-50(53-49)55-43-18-8-15-37-38-26-24-32-10-4-5-13-35(32)45(38)39-16-9-19-44(55)47(39)46(37)43/h1-28H,29,56H2. The van der Waals surface area contributed by atoms with Gasteiger partial charge in [0, 0.05) is 27.1 Å². The van der Waals surface area contributed by atoms with Crippen molar-refractivity contribution in [1.82, 2.24) is 24.1 Å². The van der Waals surface area contributed by atoms with E-state index in [4.69, 9.17) is 15.0 Å². The summed E-state index contributed by atoms with van der Waals surface area (Å²) in [4.78, 5) is 16.0. The summed E-state index contributed by atoms with van der Waals surface area (Å²) < 4.78 is 4.45. The number of fused-ring (bicyclic) bond motifs is 8. The Morgan fingerprint density at radius 2 is 0.964 bits per heavy atom. The summed E-state index contributed by atoms with van der Waals surface area (Å²) in [6.45, 7) is 0. The molecule has 3 heterocycles. The molecule has 0 bridgehead atoms. The Kier molecular flexibility index (Phi) is 6.75. The van der Waals surface area contributed by atoms with Gasteiger partial charge in [0.15, 0.2) is 5.82 Å². The molecule has 0 N–H and O–H groups in total. The molecular weight excluding hydrogens is 702 g/mol. The predicted octanol–water partition coefficient (Wildman–Crippen LogP) is 12.7. The molecule has 0 aliphatic heterocycles. The van der Waals surface area contributed by atoms with E-state index in [2.05, 4.69) is 170 Å². The molecule has 9 aromatic carbocycles. The van der Waals surface area contributed by atoms with Gasteiger partial charge in [0.25, 0.3) is 0 Å². The van der Waals surface area contributed by atoms with Gasteiger partial charge in [-0.2, -0.15) is 15.0 Å². The monoisotopic (exact) mass is 733 g/mol. The van der Waals surface area contributed by atoms with Crippen LogP contribution in [0.4, 0.5) is 0 Å². The Bertz CT molecular complexity index is 3510. The Labute approximate surface area is 324 Å². The lowest BCUT2D eigenvalue weighted by molar-refractivity contribution is 0.893. The topological polar surface area (TPSA) is 48.5 Å². The molecule has 5 nitrogen and oxygen atoms in total. The van der Waals surface area contributed by atoms with Crippen LogP contribution in [0.5, 0.6) is 0 Å². The molecule has 0 spiro atoms. The molecule has 12 rings (SSSR count). The largest absolute Gasteiger partial charge is 0.278 e. The minimum absolute atomic E-state index is 0.573. The molecule has 1 unspecified atom stereocenters. The third-order valence-corrected chi connectivity index (χ3v) is 12.0. The minimum Gasteiger partial charge on any atom is -0.278 e. The van der Waals surface area contributed by atoms with E-state index in [9.17, 15) is 0 Å². The van der Waals surface area contributed by atoms with Gasteiger partial charge in [0.2, 0.25) is 11.9 Å². The van der Waals surface area contributed by atoms with Crippen LogP contribution in [0.15, 0.2) is 170 Å². The van der Waals surface area contributed by atoms with Crippen molar-refractivity contribution >= 4 is 85.2 Å². The van der Waals surface area contributed by atoms with Crippen LogP contribution >= 0.6 is 9.24 Å². The lowest BCUT2D eigenvalue weighted by Crippen LogP contribution is -2.10. The molecule has 0 saturated heterocycles. The maximum absolute atomic E-state index is 5.42. The number of nitrogens with zero attached hydrogens (tertiary/aromatic N) is 5. The van der Waals surface area contributed by atoms with Crippen LogP contribution in [0.25, 0.3) is 110 Å². The van der Waals surface area contributed by atoms with E-state index in [0.717, 1.165) is 44.6 Å². The third-order valence-electron chi connectivity index (χ3n) is 11.5. The van der Waals surface area contributed by atoms with Crippen molar-refractivity contribution in [3.8, 4) is 34.4 Å². The summed E-state index contributed by atoms with van der Waals surface area (Å²) in [5.74, 6) is 1.77. The maximum Gasteiger partial charge on any atom is 0.240 e. The molecule has 6 heteroatoms. The van der Waals surface area contributed by atoms with E-state index in [1.807, 2.05) is 18.2 Å². The van der Waals surface area contributed by atoms with Gasteiger partial charge in [0.1, 0.15) is 0 Å². The van der Waals surface area contributed by atoms with Crippen LogP contribution in [0.2, 0.25) is 0 Å². The van der Waals surface area contributed by atoms with Gasteiger partial charge in [-0.25, -0.2) is 0 Å². The van der Waals surface area contributed by atoms with Gasteiger partial charge in [-0.05, 0) is 85.5 Å². The summed E-state index contributed by atoms with van der Waals surface area (Å²) in [5.41, 5.74) is 8.82. The molecule has 0 fully saturated rings. The maximum atomic E-state index is 5.42. The van der Waals surface area contributed by atoms with Crippen LogP contribution in [-0.4, -0.2) is 24.1 Å². The SMILES string of the molecule is PCc1ccc(-c2ccc3c(c2)c2ccccc2n3-c2nc(-c3ccccc3)nc(-n3c4cccc5c6ccc7ccccc7c6c6cccc3c6c54)n2)cc1. The second kappa shape index (κ2) is 12.0. The molecule has 56 heavy (non-hydrogen) atoms. The molecule has 0 amide bonds. The quantitative estimate of drug-likeness (QED) is 0.131.